The Morgan fingerprint density at radius 3 is 2.07 bits per heavy atom. The van der Waals surface area contributed by atoms with Crippen LogP contribution in [0.1, 0.15) is 0 Å². The lowest BCUT2D eigenvalue weighted by Gasteiger charge is -2.05. The summed E-state index contributed by atoms with van der Waals surface area (Å²) in [6.07, 6.45) is 0. The van der Waals surface area contributed by atoms with E-state index in [9.17, 15) is 5.11 Å². The van der Waals surface area contributed by atoms with Crippen molar-refractivity contribution in [1.29, 1.82) is 0 Å². The SMILES string of the molecule is Oc1ccc(-c2cc(O)ccc2Cl)cc1. The fourth-order valence-corrected chi connectivity index (χ4v) is 1.60. The largest absolute Gasteiger partial charge is 0.508 e. The molecule has 0 aliphatic heterocycles. The van der Waals surface area contributed by atoms with Crippen LogP contribution in [-0.2, 0) is 0 Å². The Kier molecular flexibility index (Phi) is 2.52. The van der Waals surface area contributed by atoms with Crippen molar-refractivity contribution in [2.75, 3.05) is 0 Å². The lowest BCUT2D eigenvalue weighted by Crippen LogP contribution is -1.79. The lowest BCUT2D eigenvalue weighted by molar-refractivity contribution is 0.475. The first-order valence-corrected chi connectivity index (χ1v) is 4.82. The van der Waals surface area contributed by atoms with E-state index >= 15 is 0 Å². The Hall–Kier alpha value is -1.67. The summed E-state index contributed by atoms with van der Waals surface area (Å²) < 4.78 is 0. The minimum Gasteiger partial charge on any atom is -0.508 e. The van der Waals surface area contributed by atoms with Gasteiger partial charge in [0.05, 0.1) is 0 Å². The zero-order chi connectivity index (χ0) is 10.8. The average molecular weight is 221 g/mol. The second-order valence-electron chi connectivity index (χ2n) is 3.21. The van der Waals surface area contributed by atoms with Gasteiger partial charge in [-0.25, -0.2) is 0 Å². The van der Waals surface area contributed by atoms with Crippen LogP contribution < -0.4 is 0 Å². The Morgan fingerprint density at radius 1 is 0.800 bits per heavy atom. The molecule has 0 amide bonds. The molecule has 0 aromatic heterocycles. The molecule has 0 heterocycles. The van der Waals surface area contributed by atoms with Gasteiger partial charge in [-0.2, -0.15) is 0 Å². The Morgan fingerprint density at radius 2 is 1.40 bits per heavy atom. The summed E-state index contributed by atoms with van der Waals surface area (Å²) in [6.45, 7) is 0. The first-order chi connectivity index (χ1) is 7.16. The van der Waals surface area contributed by atoms with Gasteiger partial charge in [0, 0.05) is 10.6 Å². The normalized spacial score (nSPS) is 10.2. The summed E-state index contributed by atoms with van der Waals surface area (Å²) in [5.74, 6) is 0.373. The monoisotopic (exact) mass is 220 g/mol. The molecule has 2 rings (SSSR count). The number of phenolic OH excluding ortho intramolecular Hbond substituents is 2. The van der Waals surface area contributed by atoms with Gasteiger partial charge in [-0.3, -0.25) is 0 Å². The maximum absolute atomic E-state index is 9.35. The van der Waals surface area contributed by atoms with Gasteiger partial charge in [-0.1, -0.05) is 23.7 Å². The molecule has 2 aromatic carbocycles. The van der Waals surface area contributed by atoms with E-state index in [1.807, 2.05) is 0 Å². The summed E-state index contributed by atoms with van der Waals surface area (Å²) in [6, 6.07) is 11.4. The second-order valence-corrected chi connectivity index (χ2v) is 3.62. The van der Waals surface area contributed by atoms with E-state index in [0.717, 1.165) is 11.1 Å². The molecule has 2 N–H and O–H groups in total. The van der Waals surface area contributed by atoms with Crippen molar-refractivity contribution >= 4 is 11.6 Å². The highest BCUT2D eigenvalue weighted by Gasteiger charge is 2.04. The van der Waals surface area contributed by atoms with Crippen molar-refractivity contribution in [2.45, 2.75) is 0 Å². The Bertz CT molecular complexity index is 477. The standard InChI is InChI=1S/C12H9ClO2/c13-12-6-5-10(15)7-11(12)8-1-3-9(14)4-2-8/h1-7,14-15H. The Labute approximate surface area is 92.4 Å². The van der Waals surface area contributed by atoms with Gasteiger partial charge in [0.15, 0.2) is 0 Å². The van der Waals surface area contributed by atoms with Crippen molar-refractivity contribution < 1.29 is 10.2 Å². The van der Waals surface area contributed by atoms with Crippen molar-refractivity contribution in [2.24, 2.45) is 0 Å². The number of hydrogen-bond donors (Lipinski definition) is 2. The fraction of sp³-hybridized carbons (Fsp3) is 0. The molecule has 76 valence electrons. The van der Waals surface area contributed by atoms with Crippen LogP contribution in [0.2, 0.25) is 5.02 Å². The third-order valence-electron chi connectivity index (χ3n) is 2.13. The zero-order valence-electron chi connectivity index (χ0n) is 7.81. The summed E-state index contributed by atoms with van der Waals surface area (Å²) in [5.41, 5.74) is 1.60. The maximum atomic E-state index is 9.35. The molecular weight excluding hydrogens is 212 g/mol. The predicted molar refractivity (Wildman–Crippen MR) is 60.2 cm³/mol. The molecule has 0 saturated carbocycles. The van der Waals surface area contributed by atoms with Crippen LogP contribution in [0, 0.1) is 0 Å². The minimum atomic E-state index is 0.169. The first-order valence-electron chi connectivity index (χ1n) is 4.45. The van der Waals surface area contributed by atoms with Crippen LogP contribution in [0.5, 0.6) is 11.5 Å². The molecule has 0 atom stereocenters. The van der Waals surface area contributed by atoms with Gasteiger partial charge < -0.3 is 10.2 Å². The van der Waals surface area contributed by atoms with E-state index in [0.29, 0.717) is 5.02 Å². The number of phenols is 2. The van der Waals surface area contributed by atoms with Crippen LogP contribution in [0.3, 0.4) is 0 Å². The molecule has 2 aromatic rings. The summed E-state index contributed by atoms with van der Waals surface area (Å²) in [5, 5.41) is 19.1. The van der Waals surface area contributed by atoms with E-state index in [-0.39, 0.29) is 11.5 Å². The predicted octanol–water partition coefficient (Wildman–Crippen LogP) is 3.42. The molecule has 0 aliphatic rings. The third-order valence-corrected chi connectivity index (χ3v) is 2.46. The summed E-state index contributed by atoms with van der Waals surface area (Å²) in [7, 11) is 0. The highest BCUT2D eigenvalue weighted by atomic mass is 35.5. The number of aromatic hydroxyl groups is 2. The minimum absolute atomic E-state index is 0.169. The van der Waals surface area contributed by atoms with Crippen LogP contribution in [0.25, 0.3) is 11.1 Å². The smallest absolute Gasteiger partial charge is 0.116 e. The molecule has 0 spiro atoms. The van der Waals surface area contributed by atoms with Crippen molar-refractivity contribution in [3.8, 4) is 22.6 Å². The van der Waals surface area contributed by atoms with Crippen LogP contribution >= 0.6 is 11.6 Å². The Balaban J connectivity index is 2.53. The lowest BCUT2D eigenvalue weighted by atomic mass is 10.1. The number of rotatable bonds is 1. The molecule has 0 radical (unpaired) electrons. The topological polar surface area (TPSA) is 40.5 Å². The molecule has 0 aliphatic carbocycles. The van der Waals surface area contributed by atoms with Crippen LogP contribution in [0.15, 0.2) is 42.5 Å². The van der Waals surface area contributed by atoms with E-state index in [2.05, 4.69) is 0 Å². The van der Waals surface area contributed by atoms with E-state index in [4.69, 9.17) is 16.7 Å². The molecule has 0 unspecified atom stereocenters. The first kappa shape index (κ1) is 9.87. The van der Waals surface area contributed by atoms with Gasteiger partial charge in [0.1, 0.15) is 11.5 Å². The molecular formula is C12H9ClO2. The third kappa shape index (κ3) is 2.05. The second kappa shape index (κ2) is 3.83. The highest BCUT2D eigenvalue weighted by molar-refractivity contribution is 6.33. The summed E-state index contributed by atoms with van der Waals surface area (Å²) in [4.78, 5) is 0. The zero-order valence-corrected chi connectivity index (χ0v) is 8.57. The average Bonchev–Trinajstić information content (AvgIpc) is 2.23. The van der Waals surface area contributed by atoms with Crippen molar-refractivity contribution in [3.05, 3.63) is 47.5 Å². The maximum Gasteiger partial charge on any atom is 0.116 e. The van der Waals surface area contributed by atoms with Gasteiger partial charge in [0.25, 0.3) is 0 Å². The van der Waals surface area contributed by atoms with Crippen LogP contribution in [0.4, 0.5) is 0 Å². The number of halogens is 1. The molecule has 0 bridgehead atoms. The van der Waals surface area contributed by atoms with E-state index in [1.165, 1.54) is 6.07 Å². The summed E-state index contributed by atoms with van der Waals surface area (Å²) >= 11 is 6.00. The molecule has 0 fully saturated rings. The van der Waals surface area contributed by atoms with Crippen LogP contribution in [-0.4, -0.2) is 10.2 Å². The van der Waals surface area contributed by atoms with E-state index < -0.39 is 0 Å². The number of benzene rings is 2. The van der Waals surface area contributed by atoms with Crippen molar-refractivity contribution in [3.63, 3.8) is 0 Å². The van der Waals surface area contributed by atoms with Gasteiger partial charge in [-0.15, -0.1) is 0 Å². The van der Waals surface area contributed by atoms with Gasteiger partial charge >= 0.3 is 0 Å². The van der Waals surface area contributed by atoms with Gasteiger partial charge in [-0.05, 0) is 35.9 Å². The quantitative estimate of drug-likeness (QED) is 0.773. The van der Waals surface area contributed by atoms with Crippen molar-refractivity contribution in [1.82, 2.24) is 0 Å². The highest BCUT2D eigenvalue weighted by Crippen LogP contribution is 2.31. The van der Waals surface area contributed by atoms with Gasteiger partial charge in [0.2, 0.25) is 0 Å². The molecule has 2 nitrogen and oxygen atoms in total. The fourth-order valence-electron chi connectivity index (χ4n) is 1.38. The molecule has 15 heavy (non-hydrogen) atoms. The van der Waals surface area contributed by atoms with E-state index in [1.54, 1.807) is 36.4 Å². The number of hydrogen-bond acceptors (Lipinski definition) is 2. The molecule has 0 saturated heterocycles. The molecule has 3 heteroatoms.